The van der Waals surface area contributed by atoms with Crippen LogP contribution in [-0.2, 0) is 37.4 Å². The second kappa shape index (κ2) is 8.59. The van der Waals surface area contributed by atoms with Gasteiger partial charge in [-0.3, -0.25) is 4.79 Å². The van der Waals surface area contributed by atoms with E-state index < -0.39 is 10.0 Å². The van der Waals surface area contributed by atoms with Gasteiger partial charge in [0.1, 0.15) is 12.4 Å². The van der Waals surface area contributed by atoms with Crippen LogP contribution >= 0.6 is 0 Å². The number of carbonyl (C=O) groups is 1. The molecule has 3 rings (SSSR count). The van der Waals surface area contributed by atoms with E-state index in [2.05, 4.69) is 4.98 Å². The van der Waals surface area contributed by atoms with Crippen LogP contribution in [0.2, 0.25) is 0 Å². The molecule has 1 aromatic heterocycles. The fraction of sp³-hybridized carbons (Fsp3) is 0.579. The van der Waals surface area contributed by atoms with Crippen molar-refractivity contribution in [2.75, 3.05) is 26.3 Å². The van der Waals surface area contributed by atoms with Crippen LogP contribution in [-0.4, -0.2) is 54.5 Å². The molecule has 2 heterocycles. The van der Waals surface area contributed by atoms with E-state index in [-0.39, 0.29) is 23.4 Å². The molecule has 1 aliphatic heterocycles. The Morgan fingerprint density at radius 1 is 1.29 bits per heavy atom. The highest BCUT2D eigenvalue weighted by Crippen LogP contribution is 2.24. The highest BCUT2D eigenvalue weighted by Gasteiger charge is 2.27. The van der Waals surface area contributed by atoms with E-state index in [1.807, 2.05) is 11.5 Å². The van der Waals surface area contributed by atoms with Crippen LogP contribution in [0.15, 0.2) is 23.1 Å². The first-order valence-corrected chi connectivity index (χ1v) is 11.0. The number of aryl methyl sites for hydroxylation is 1. The first-order chi connectivity index (χ1) is 13.3. The minimum Gasteiger partial charge on any atom is -0.457 e. The Balaban J connectivity index is 1.94. The Bertz CT molecular complexity index is 946. The van der Waals surface area contributed by atoms with Crippen LogP contribution in [0.25, 0.3) is 11.0 Å². The second-order valence-corrected chi connectivity index (χ2v) is 9.05. The fourth-order valence-electron chi connectivity index (χ4n) is 3.14. The van der Waals surface area contributed by atoms with Crippen molar-refractivity contribution in [3.05, 3.63) is 24.0 Å². The molecular weight excluding hydrogens is 382 g/mol. The van der Waals surface area contributed by atoms with Crippen molar-refractivity contribution in [2.24, 2.45) is 5.92 Å². The van der Waals surface area contributed by atoms with E-state index >= 15 is 0 Å². The van der Waals surface area contributed by atoms with Gasteiger partial charge >= 0.3 is 5.97 Å². The van der Waals surface area contributed by atoms with Crippen molar-refractivity contribution in [2.45, 2.75) is 45.2 Å². The van der Waals surface area contributed by atoms with Crippen molar-refractivity contribution in [1.29, 1.82) is 0 Å². The third-order valence-corrected chi connectivity index (χ3v) is 6.56. The summed E-state index contributed by atoms with van der Waals surface area (Å²) in [6, 6.07) is 4.99. The number of sulfonamides is 1. The van der Waals surface area contributed by atoms with Gasteiger partial charge in [-0.2, -0.15) is 4.31 Å². The van der Waals surface area contributed by atoms with Crippen molar-refractivity contribution >= 4 is 27.0 Å². The van der Waals surface area contributed by atoms with Crippen LogP contribution < -0.4 is 0 Å². The molecule has 1 fully saturated rings. The third kappa shape index (κ3) is 4.21. The van der Waals surface area contributed by atoms with Crippen LogP contribution in [0.4, 0.5) is 0 Å². The molecule has 1 aromatic carbocycles. The summed E-state index contributed by atoms with van der Waals surface area (Å²) < 4.78 is 39.8. The quantitative estimate of drug-likeness (QED) is 0.651. The fourth-order valence-corrected chi connectivity index (χ4v) is 4.57. The normalized spacial score (nSPS) is 16.0. The predicted octanol–water partition coefficient (Wildman–Crippen LogP) is 2.17. The second-order valence-electron chi connectivity index (χ2n) is 7.11. The molecule has 0 amide bonds. The van der Waals surface area contributed by atoms with Crippen molar-refractivity contribution < 1.29 is 22.7 Å². The number of aromatic nitrogens is 2. The molecule has 1 aliphatic rings. The number of nitrogens with zero attached hydrogens (tertiary/aromatic N) is 3. The summed E-state index contributed by atoms with van der Waals surface area (Å²) in [5, 5.41) is 0. The summed E-state index contributed by atoms with van der Waals surface area (Å²) in [5.41, 5.74) is 1.41. The Morgan fingerprint density at radius 3 is 2.64 bits per heavy atom. The number of esters is 1. The van der Waals surface area contributed by atoms with Crippen molar-refractivity contribution in [3.63, 3.8) is 0 Å². The molecule has 9 heteroatoms. The Labute approximate surface area is 165 Å². The number of morpholine rings is 1. The molecule has 0 radical (unpaired) electrons. The van der Waals surface area contributed by atoms with Crippen molar-refractivity contribution in [1.82, 2.24) is 13.9 Å². The van der Waals surface area contributed by atoms with E-state index in [0.29, 0.717) is 44.2 Å². The standard InChI is InChI=1S/C19H27N3O5S/c1-4-7-22-17-6-5-15(28(24,25)21-8-10-26-11-9-21)12-16(17)20-18(22)13-27-19(23)14(2)3/h5-6,12,14H,4,7-11,13H2,1-3H3. The number of carbonyl (C=O) groups excluding carboxylic acids is 1. The van der Waals surface area contributed by atoms with Gasteiger partial charge in [-0.25, -0.2) is 13.4 Å². The average molecular weight is 410 g/mol. The zero-order chi connectivity index (χ0) is 20.3. The number of rotatable bonds is 7. The molecule has 154 valence electrons. The first kappa shape index (κ1) is 20.8. The molecule has 0 saturated carbocycles. The molecule has 0 unspecified atom stereocenters. The maximum absolute atomic E-state index is 12.9. The third-order valence-electron chi connectivity index (χ3n) is 4.67. The Morgan fingerprint density at radius 2 is 2.00 bits per heavy atom. The van der Waals surface area contributed by atoms with Crippen LogP contribution in [0.1, 0.15) is 33.0 Å². The molecular formula is C19H27N3O5S. The van der Waals surface area contributed by atoms with Gasteiger partial charge in [0.25, 0.3) is 0 Å². The molecule has 0 aliphatic carbocycles. The topological polar surface area (TPSA) is 90.7 Å². The van der Waals surface area contributed by atoms with Gasteiger partial charge in [0.2, 0.25) is 10.0 Å². The van der Waals surface area contributed by atoms with E-state index in [1.54, 1.807) is 32.0 Å². The summed E-state index contributed by atoms with van der Waals surface area (Å²) in [5.74, 6) is 0.117. The van der Waals surface area contributed by atoms with Gasteiger partial charge in [0.15, 0.2) is 0 Å². The number of ether oxygens (including phenoxy) is 2. The zero-order valence-corrected chi connectivity index (χ0v) is 17.4. The van der Waals surface area contributed by atoms with Crippen LogP contribution in [0.5, 0.6) is 0 Å². The lowest BCUT2D eigenvalue weighted by molar-refractivity contribution is -0.148. The van der Waals surface area contributed by atoms with Crippen LogP contribution in [0.3, 0.4) is 0 Å². The molecule has 2 aromatic rings. The van der Waals surface area contributed by atoms with Gasteiger partial charge < -0.3 is 14.0 Å². The van der Waals surface area contributed by atoms with E-state index in [0.717, 1.165) is 11.9 Å². The van der Waals surface area contributed by atoms with E-state index in [1.165, 1.54) is 4.31 Å². The van der Waals surface area contributed by atoms with E-state index in [4.69, 9.17) is 9.47 Å². The van der Waals surface area contributed by atoms with E-state index in [9.17, 15) is 13.2 Å². The van der Waals surface area contributed by atoms with Gasteiger partial charge in [0.05, 0.1) is 35.1 Å². The summed E-state index contributed by atoms with van der Waals surface area (Å²) in [7, 11) is -3.59. The maximum Gasteiger partial charge on any atom is 0.308 e. The Hall–Kier alpha value is -1.97. The minimum atomic E-state index is -3.59. The first-order valence-electron chi connectivity index (χ1n) is 9.58. The predicted molar refractivity (Wildman–Crippen MR) is 104 cm³/mol. The molecule has 1 saturated heterocycles. The highest BCUT2D eigenvalue weighted by molar-refractivity contribution is 7.89. The lowest BCUT2D eigenvalue weighted by atomic mass is 10.2. The summed E-state index contributed by atoms with van der Waals surface area (Å²) in [6.07, 6.45) is 0.879. The molecule has 0 spiro atoms. The van der Waals surface area contributed by atoms with Gasteiger partial charge in [-0.15, -0.1) is 0 Å². The number of hydrogen-bond acceptors (Lipinski definition) is 6. The summed E-state index contributed by atoms with van der Waals surface area (Å²) in [6.45, 7) is 7.88. The smallest absolute Gasteiger partial charge is 0.308 e. The lowest BCUT2D eigenvalue weighted by Gasteiger charge is -2.26. The largest absolute Gasteiger partial charge is 0.457 e. The maximum atomic E-state index is 12.9. The average Bonchev–Trinajstić information content (AvgIpc) is 3.03. The molecule has 0 N–H and O–H groups in total. The monoisotopic (exact) mass is 409 g/mol. The SMILES string of the molecule is CCCn1c(COC(=O)C(C)C)nc2cc(S(=O)(=O)N3CCOCC3)ccc21. The summed E-state index contributed by atoms with van der Waals surface area (Å²) >= 11 is 0. The number of imidazole rings is 1. The lowest BCUT2D eigenvalue weighted by Crippen LogP contribution is -2.40. The van der Waals surface area contributed by atoms with Crippen LogP contribution in [0, 0.1) is 5.92 Å². The molecule has 0 atom stereocenters. The summed E-state index contributed by atoms with van der Waals surface area (Å²) in [4.78, 5) is 16.6. The molecule has 28 heavy (non-hydrogen) atoms. The minimum absolute atomic E-state index is 0.0667. The molecule has 8 nitrogen and oxygen atoms in total. The number of hydrogen-bond donors (Lipinski definition) is 0. The Kier molecular flexibility index (Phi) is 6.36. The van der Waals surface area contributed by atoms with Gasteiger partial charge in [-0.1, -0.05) is 20.8 Å². The highest BCUT2D eigenvalue weighted by atomic mass is 32.2. The van der Waals surface area contributed by atoms with Gasteiger partial charge in [-0.05, 0) is 24.6 Å². The number of fused-ring (bicyclic) bond motifs is 1. The van der Waals surface area contributed by atoms with Gasteiger partial charge in [0, 0.05) is 19.6 Å². The molecule has 0 bridgehead atoms. The number of benzene rings is 1. The zero-order valence-electron chi connectivity index (χ0n) is 16.6. The van der Waals surface area contributed by atoms with Crippen molar-refractivity contribution in [3.8, 4) is 0 Å².